The second-order valence-electron chi connectivity index (χ2n) is 11.0. The molecule has 0 saturated carbocycles. The molecule has 0 amide bonds. The average molecular weight is 557 g/mol. The van der Waals surface area contributed by atoms with Gasteiger partial charge in [0.25, 0.3) is 0 Å². The first-order valence-electron chi connectivity index (χ1n) is 14.2. The fraction of sp³-hybridized carbons (Fsp3) is 0.0556. The van der Waals surface area contributed by atoms with Crippen molar-refractivity contribution in [1.82, 2.24) is 28.7 Å². The molecule has 0 saturated heterocycles. The summed E-state index contributed by atoms with van der Waals surface area (Å²) in [5, 5.41) is 5.28. The van der Waals surface area contributed by atoms with Gasteiger partial charge in [-0.25, -0.2) is 15.0 Å². The number of hydrogen-bond acceptors (Lipinski definition) is 5. The lowest BCUT2D eigenvalue weighted by molar-refractivity contribution is 0.484. The van der Waals surface area contributed by atoms with Crippen molar-refractivity contribution in [3.8, 4) is 22.6 Å². The average Bonchev–Trinajstić information content (AvgIpc) is 3.72. The summed E-state index contributed by atoms with van der Waals surface area (Å²) in [4.78, 5) is 18.6. The van der Waals surface area contributed by atoms with Crippen molar-refractivity contribution in [3.05, 3.63) is 121 Å². The van der Waals surface area contributed by atoms with E-state index < -0.39 is 0 Å². The maximum atomic E-state index is 6.48. The standard InChI is InChI=1S/C36H24N6O/c1-21-5-3-6-22(2)31(21)28-8-4-7-27-25-11-9-23(19-29(25)34-39-15-17-41(34)33(27)28)43-24-10-12-26-30(20-24)35-40-16-18-42(35)36-32(26)37-13-14-38-36/h3-20H,1-2H3. The van der Waals surface area contributed by atoms with Crippen molar-refractivity contribution < 1.29 is 4.74 Å². The van der Waals surface area contributed by atoms with Gasteiger partial charge in [-0.1, -0.05) is 36.4 Å². The largest absolute Gasteiger partial charge is 0.457 e. The Kier molecular flexibility index (Phi) is 4.90. The van der Waals surface area contributed by atoms with E-state index in [1.54, 1.807) is 18.6 Å². The number of hydrogen-bond donors (Lipinski definition) is 0. The highest BCUT2D eigenvalue weighted by atomic mass is 16.5. The van der Waals surface area contributed by atoms with E-state index in [2.05, 4.69) is 81.7 Å². The summed E-state index contributed by atoms with van der Waals surface area (Å²) >= 11 is 0. The molecule has 9 rings (SSSR count). The summed E-state index contributed by atoms with van der Waals surface area (Å²) in [5.74, 6) is 1.46. The number of fused-ring (bicyclic) bond motifs is 12. The van der Waals surface area contributed by atoms with Crippen LogP contribution in [0.3, 0.4) is 0 Å². The molecule has 9 aromatic rings. The van der Waals surface area contributed by atoms with Crippen LogP contribution >= 0.6 is 0 Å². The van der Waals surface area contributed by atoms with E-state index in [0.29, 0.717) is 0 Å². The molecule has 5 aromatic heterocycles. The Labute approximate surface area is 245 Å². The molecule has 5 heterocycles. The monoisotopic (exact) mass is 556 g/mol. The van der Waals surface area contributed by atoms with E-state index in [4.69, 9.17) is 9.72 Å². The van der Waals surface area contributed by atoms with Crippen molar-refractivity contribution in [3.63, 3.8) is 0 Å². The van der Waals surface area contributed by atoms with Crippen LogP contribution < -0.4 is 4.74 Å². The van der Waals surface area contributed by atoms with Gasteiger partial charge in [-0.15, -0.1) is 0 Å². The van der Waals surface area contributed by atoms with Gasteiger partial charge in [0.1, 0.15) is 28.3 Å². The van der Waals surface area contributed by atoms with E-state index in [-0.39, 0.29) is 0 Å². The van der Waals surface area contributed by atoms with Crippen molar-refractivity contribution in [2.45, 2.75) is 13.8 Å². The summed E-state index contributed by atoms with van der Waals surface area (Å²) in [6.45, 7) is 4.36. The molecule has 0 radical (unpaired) electrons. The number of rotatable bonds is 3. The summed E-state index contributed by atoms with van der Waals surface area (Å²) in [6, 6.07) is 25.3. The summed E-state index contributed by atoms with van der Waals surface area (Å²) in [5.41, 5.74) is 9.46. The van der Waals surface area contributed by atoms with Crippen LogP contribution in [0.5, 0.6) is 11.5 Å². The third-order valence-electron chi connectivity index (χ3n) is 8.46. The Hall–Kier alpha value is -5.82. The van der Waals surface area contributed by atoms with Crippen LogP contribution in [-0.4, -0.2) is 28.7 Å². The van der Waals surface area contributed by atoms with Crippen LogP contribution in [-0.2, 0) is 0 Å². The summed E-state index contributed by atoms with van der Waals surface area (Å²) in [6.07, 6.45) is 11.0. The molecular formula is C36H24N6O. The zero-order valence-corrected chi connectivity index (χ0v) is 23.5. The number of nitrogens with zero attached hydrogens (tertiary/aromatic N) is 6. The minimum atomic E-state index is 0.720. The fourth-order valence-corrected chi connectivity index (χ4v) is 6.64. The highest BCUT2D eigenvalue weighted by molar-refractivity contribution is 6.15. The van der Waals surface area contributed by atoms with Gasteiger partial charge in [-0.2, -0.15) is 0 Å². The topological polar surface area (TPSA) is 69.6 Å². The number of para-hydroxylation sites is 1. The highest BCUT2D eigenvalue weighted by Gasteiger charge is 2.17. The number of pyridine rings is 2. The molecule has 0 aliphatic carbocycles. The van der Waals surface area contributed by atoms with Gasteiger partial charge in [-0.05, 0) is 72.3 Å². The molecule has 4 aromatic carbocycles. The zero-order valence-electron chi connectivity index (χ0n) is 23.5. The molecule has 0 N–H and O–H groups in total. The van der Waals surface area contributed by atoms with E-state index in [9.17, 15) is 0 Å². The van der Waals surface area contributed by atoms with Crippen molar-refractivity contribution in [2.75, 3.05) is 0 Å². The molecular weight excluding hydrogens is 532 g/mol. The molecule has 0 aliphatic heterocycles. The second kappa shape index (κ2) is 8.84. The zero-order chi connectivity index (χ0) is 28.7. The van der Waals surface area contributed by atoms with Crippen molar-refractivity contribution in [2.24, 2.45) is 0 Å². The number of ether oxygens (including phenoxy) is 1. The molecule has 43 heavy (non-hydrogen) atoms. The minimum Gasteiger partial charge on any atom is -0.457 e. The number of aryl methyl sites for hydroxylation is 2. The molecule has 7 nitrogen and oxygen atoms in total. The fourth-order valence-electron chi connectivity index (χ4n) is 6.64. The molecule has 0 spiro atoms. The molecule has 7 heteroatoms. The molecule has 0 bridgehead atoms. The van der Waals surface area contributed by atoms with Crippen LogP contribution in [0.2, 0.25) is 0 Å². The van der Waals surface area contributed by atoms with E-state index in [1.807, 2.05) is 47.3 Å². The van der Waals surface area contributed by atoms with Gasteiger partial charge in [0.15, 0.2) is 5.65 Å². The molecule has 0 aliphatic rings. The van der Waals surface area contributed by atoms with E-state index >= 15 is 0 Å². The summed E-state index contributed by atoms with van der Waals surface area (Å²) in [7, 11) is 0. The number of imidazole rings is 2. The predicted octanol–water partition coefficient (Wildman–Crippen LogP) is 8.46. The number of aromatic nitrogens is 6. The van der Waals surface area contributed by atoms with Gasteiger partial charge in [0.05, 0.1) is 5.52 Å². The first-order chi connectivity index (χ1) is 21.2. The third kappa shape index (κ3) is 3.42. The van der Waals surface area contributed by atoms with Crippen molar-refractivity contribution in [1.29, 1.82) is 0 Å². The Bertz CT molecular complexity index is 2560. The Balaban J connectivity index is 1.22. The second-order valence-corrected chi connectivity index (χ2v) is 11.0. The van der Waals surface area contributed by atoms with Gasteiger partial charge < -0.3 is 4.74 Å². The third-order valence-corrected chi connectivity index (χ3v) is 8.46. The smallest absolute Gasteiger partial charge is 0.165 e. The lowest BCUT2D eigenvalue weighted by Gasteiger charge is -2.16. The van der Waals surface area contributed by atoms with Gasteiger partial charge in [-0.3, -0.25) is 13.8 Å². The minimum absolute atomic E-state index is 0.720. The molecule has 0 fully saturated rings. The predicted molar refractivity (Wildman–Crippen MR) is 171 cm³/mol. The van der Waals surface area contributed by atoms with Crippen LogP contribution in [0.25, 0.3) is 66.0 Å². The van der Waals surface area contributed by atoms with Gasteiger partial charge in [0.2, 0.25) is 0 Å². The highest BCUT2D eigenvalue weighted by Crippen LogP contribution is 2.39. The van der Waals surface area contributed by atoms with Gasteiger partial charge in [0, 0.05) is 64.3 Å². The van der Waals surface area contributed by atoms with Crippen LogP contribution in [0.15, 0.2) is 110 Å². The lowest BCUT2D eigenvalue weighted by atomic mass is 9.92. The summed E-state index contributed by atoms with van der Waals surface area (Å²) < 4.78 is 10.7. The maximum absolute atomic E-state index is 6.48. The Morgan fingerprint density at radius 3 is 1.95 bits per heavy atom. The molecule has 0 unspecified atom stereocenters. The van der Waals surface area contributed by atoms with E-state index in [1.165, 1.54) is 27.6 Å². The normalized spacial score (nSPS) is 12.0. The molecule has 204 valence electrons. The SMILES string of the molecule is Cc1cccc(C)c1-c1cccc2c3ccc(Oc4ccc5c(c4)c4nccn4c4nccnc54)cc3c3nccn3c12. The van der Waals surface area contributed by atoms with Crippen molar-refractivity contribution >= 4 is 54.9 Å². The van der Waals surface area contributed by atoms with Crippen LogP contribution in [0.4, 0.5) is 0 Å². The Morgan fingerprint density at radius 1 is 0.535 bits per heavy atom. The quantitative estimate of drug-likeness (QED) is 0.204. The molecule has 0 atom stereocenters. The van der Waals surface area contributed by atoms with Crippen LogP contribution in [0, 0.1) is 13.8 Å². The van der Waals surface area contributed by atoms with Crippen LogP contribution in [0.1, 0.15) is 11.1 Å². The Morgan fingerprint density at radius 2 is 1.16 bits per heavy atom. The van der Waals surface area contributed by atoms with Gasteiger partial charge >= 0.3 is 0 Å². The lowest BCUT2D eigenvalue weighted by Crippen LogP contribution is -1.96. The first-order valence-corrected chi connectivity index (χ1v) is 14.2. The maximum Gasteiger partial charge on any atom is 0.165 e. The number of benzene rings is 4. The van der Waals surface area contributed by atoms with E-state index in [0.717, 1.165) is 61.0 Å². The first kappa shape index (κ1) is 23.8.